The number of aliphatic imine (C=N–C) groups is 1. The summed E-state index contributed by atoms with van der Waals surface area (Å²) in [7, 11) is 3.52. The second-order valence-electron chi connectivity index (χ2n) is 6.22. The Morgan fingerprint density at radius 3 is 2.77 bits per heavy atom. The average Bonchev–Trinajstić information content (AvgIpc) is 3.28. The van der Waals surface area contributed by atoms with Crippen LogP contribution in [-0.4, -0.2) is 77.1 Å². The van der Waals surface area contributed by atoms with Crippen LogP contribution in [0, 0.1) is 5.92 Å². The Hall–Kier alpha value is -0.850. The van der Waals surface area contributed by atoms with Crippen LogP contribution < -0.4 is 10.6 Å². The highest BCUT2D eigenvalue weighted by molar-refractivity contribution is 5.79. The molecule has 1 heterocycles. The maximum Gasteiger partial charge on any atom is 0.190 e. The molecule has 0 aromatic rings. The lowest BCUT2D eigenvalue weighted by Gasteiger charge is -2.17. The van der Waals surface area contributed by atoms with Crippen molar-refractivity contribution in [2.45, 2.75) is 31.7 Å². The van der Waals surface area contributed by atoms with Crippen LogP contribution in [0.2, 0.25) is 0 Å². The van der Waals surface area contributed by atoms with Crippen molar-refractivity contribution < 1.29 is 9.47 Å². The molecule has 0 aromatic carbocycles. The van der Waals surface area contributed by atoms with Crippen LogP contribution in [0.1, 0.15) is 25.7 Å². The van der Waals surface area contributed by atoms with Gasteiger partial charge >= 0.3 is 0 Å². The minimum Gasteiger partial charge on any atom is -0.382 e. The molecule has 0 spiro atoms. The third-order valence-electron chi connectivity index (χ3n) is 4.35. The number of nitrogens with zero attached hydrogens (tertiary/aromatic N) is 2. The van der Waals surface area contributed by atoms with Crippen molar-refractivity contribution in [2.75, 3.05) is 60.2 Å². The van der Waals surface area contributed by atoms with E-state index in [1.165, 1.54) is 32.4 Å². The third-order valence-corrected chi connectivity index (χ3v) is 4.35. The minimum absolute atomic E-state index is 0.663. The lowest BCUT2D eigenvalue weighted by Crippen LogP contribution is -2.40. The topological polar surface area (TPSA) is 58.1 Å². The van der Waals surface area contributed by atoms with Gasteiger partial charge < -0.3 is 25.0 Å². The monoisotopic (exact) mass is 312 g/mol. The van der Waals surface area contributed by atoms with E-state index in [4.69, 9.17) is 9.47 Å². The van der Waals surface area contributed by atoms with E-state index in [2.05, 4.69) is 20.5 Å². The van der Waals surface area contributed by atoms with Gasteiger partial charge in [0.25, 0.3) is 0 Å². The number of methoxy groups -OCH3 is 1. The van der Waals surface area contributed by atoms with Gasteiger partial charge in [-0.3, -0.25) is 4.99 Å². The van der Waals surface area contributed by atoms with Gasteiger partial charge in [-0.15, -0.1) is 0 Å². The van der Waals surface area contributed by atoms with E-state index >= 15 is 0 Å². The molecule has 0 radical (unpaired) electrons. The fraction of sp³-hybridized carbons (Fsp3) is 0.938. The van der Waals surface area contributed by atoms with Crippen molar-refractivity contribution in [3.63, 3.8) is 0 Å². The molecule has 2 N–H and O–H groups in total. The molecule has 2 aliphatic rings. The van der Waals surface area contributed by atoms with Crippen molar-refractivity contribution >= 4 is 5.96 Å². The number of nitrogens with one attached hydrogen (secondary N) is 2. The standard InChI is InChI=1S/C16H32N4O2/c1-17-16(18-7-3-9-22-11-10-21-2)19-12-14-6-8-20(13-14)15-4-5-15/h14-15H,3-13H2,1-2H3,(H2,17,18,19). The summed E-state index contributed by atoms with van der Waals surface area (Å²) in [4.78, 5) is 6.94. The number of rotatable bonds is 10. The van der Waals surface area contributed by atoms with Crippen LogP contribution in [0.5, 0.6) is 0 Å². The van der Waals surface area contributed by atoms with E-state index in [-0.39, 0.29) is 0 Å². The first-order valence-corrected chi connectivity index (χ1v) is 8.58. The molecule has 6 heteroatoms. The first kappa shape index (κ1) is 17.5. The molecule has 0 aromatic heterocycles. The zero-order valence-electron chi connectivity index (χ0n) is 14.1. The molecule has 128 valence electrons. The largest absolute Gasteiger partial charge is 0.382 e. The van der Waals surface area contributed by atoms with Gasteiger partial charge in [0.15, 0.2) is 5.96 Å². The molecule has 1 aliphatic carbocycles. The molecule has 1 unspecified atom stereocenters. The SMILES string of the molecule is CN=C(NCCCOCCOC)NCC1CCN(C2CC2)C1. The Kier molecular flexibility index (Phi) is 7.98. The molecule has 1 saturated heterocycles. The quantitative estimate of drug-likeness (QED) is 0.353. The predicted molar refractivity (Wildman–Crippen MR) is 89.4 cm³/mol. The van der Waals surface area contributed by atoms with E-state index in [0.29, 0.717) is 13.2 Å². The van der Waals surface area contributed by atoms with Crippen LogP contribution >= 0.6 is 0 Å². The summed E-state index contributed by atoms with van der Waals surface area (Å²) in [5.41, 5.74) is 0. The molecule has 6 nitrogen and oxygen atoms in total. The smallest absolute Gasteiger partial charge is 0.190 e. The van der Waals surface area contributed by atoms with Crippen LogP contribution in [0.25, 0.3) is 0 Å². The van der Waals surface area contributed by atoms with Crippen molar-refractivity contribution in [3.05, 3.63) is 0 Å². The maximum absolute atomic E-state index is 5.44. The number of likely N-dealkylation sites (tertiary alicyclic amines) is 1. The van der Waals surface area contributed by atoms with Gasteiger partial charge in [-0.2, -0.15) is 0 Å². The zero-order chi connectivity index (χ0) is 15.6. The number of hydrogen-bond donors (Lipinski definition) is 2. The van der Waals surface area contributed by atoms with Crippen LogP contribution in [0.15, 0.2) is 4.99 Å². The van der Waals surface area contributed by atoms with Crippen LogP contribution in [-0.2, 0) is 9.47 Å². The Morgan fingerprint density at radius 2 is 2.05 bits per heavy atom. The summed E-state index contributed by atoms with van der Waals surface area (Å²) in [5.74, 6) is 1.67. The number of ether oxygens (including phenoxy) is 2. The van der Waals surface area contributed by atoms with Crippen molar-refractivity contribution in [3.8, 4) is 0 Å². The highest BCUT2D eigenvalue weighted by Gasteiger charge is 2.34. The molecule has 0 amide bonds. The fourth-order valence-electron chi connectivity index (χ4n) is 2.89. The van der Waals surface area contributed by atoms with Crippen molar-refractivity contribution in [2.24, 2.45) is 10.9 Å². The Morgan fingerprint density at radius 1 is 1.18 bits per heavy atom. The lowest BCUT2D eigenvalue weighted by molar-refractivity contribution is 0.0698. The zero-order valence-corrected chi connectivity index (χ0v) is 14.1. The Labute approximate surface area is 134 Å². The van der Waals surface area contributed by atoms with Gasteiger partial charge in [0.1, 0.15) is 0 Å². The van der Waals surface area contributed by atoms with Crippen molar-refractivity contribution in [1.82, 2.24) is 15.5 Å². The van der Waals surface area contributed by atoms with Crippen molar-refractivity contribution in [1.29, 1.82) is 0 Å². The second kappa shape index (κ2) is 10.0. The third kappa shape index (κ3) is 6.50. The minimum atomic E-state index is 0.663. The molecule has 1 aliphatic heterocycles. The van der Waals surface area contributed by atoms with E-state index in [1.807, 2.05) is 7.05 Å². The van der Waals surface area contributed by atoms with Gasteiger partial charge in [0.2, 0.25) is 0 Å². The number of hydrogen-bond acceptors (Lipinski definition) is 4. The molecule has 0 bridgehead atoms. The van der Waals surface area contributed by atoms with Gasteiger partial charge in [0.05, 0.1) is 13.2 Å². The highest BCUT2D eigenvalue weighted by atomic mass is 16.5. The summed E-state index contributed by atoms with van der Waals surface area (Å²) in [6, 6.07) is 0.903. The molecule has 1 atom stereocenters. The molecule has 2 fully saturated rings. The maximum atomic E-state index is 5.44. The van der Waals surface area contributed by atoms with Crippen LogP contribution in [0.4, 0.5) is 0 Å². The summed E-state index contributed by atoms with van der Waals surface area (Å²) < 4.78 is 10.4. The molecular formula is C16H32N4O2. The molecular weight excluding hydrogens is 280 g/mol. The fourth-order valence-corrected chi connectivity index (χ4v) is 2.89. The second-order valence-corrected chi connectivity index (χ2v) is 6.22. The molecule has 22 heavy (non-hydrogen) atoms. The first-order valence-electron chi connectivity index (χ1n) is 8.58. The average molecular weight is 312 g/mol. The lowest BCUT2D eigenvalue weighted by atomic mass is 10.1. The molecule has 1 saturated carbocycles. The van der Waals surface area contributed by atoms with E-state index < -0.39 is 0 Å². The van der Waals surface area contributed by atoms with Gasteiger partial charge in [-0.25, -0.2) is 0 Å². The van der Waals surface area contributed by atoms with E-state index in [0.717, 1.165) is 44.0 Å². The van der Waals surface area contributed by atoms with Gasteiger partial charge in [0, 0.05) is 46.4 Å². The summed E-state index contributed by atoms with van der Waals surface area (Å²) >= 11 is 0. The van der Waals surface area contributed by atoms with E-state index in [9.17, 15) is 0 Å². The first-order chi connectivity index (χ1) is 10.8. The van der Waals surface area contributed by atoms with Gasteiger partial charge in [-0.1, -0.05) is 0 Å². The summed E-state index contributed by atoms with van der Waals surface area (Å²) in [5, 5.41) is 6.80. The Bertz CT molecular complexity index is 334. The van der Waals surface area contributed by atoms with Crippen LogP contribution in [0.3, 0.4) is 0 Å². The Balaban J connectivity index is 1.48. The molecule has 2 rings (SSSR count). The summed E-state index contributed by atoms with van der Waals surface area (Å²) in [6.45, 7) is 6.52. The normalized spacial score (nSPS) is 23.0. The summed E-state index contributed by atoms with van der Waals surface area (Å²) in [6.07, 6.45) is 5.11. The van der Waals surface area contributed by atoms with E-state index in [1.54, 1.807) is 7.11 Å². The predicted octanol–water partition coefficient (Wildman–Crippen LogP) is 0.689. The number of guanidine groups is 1. The highest BCUT2D eigenvalue weighted by Crippen LogP contribution is 2.31. The van der Waals surface area contributed by atoms with Gasteiger partial charge in [-0.05, 0) is 38.1 Å².